The molecule has 0 spiro atoms. The lowest BCUT2D eigenvalue weighted by Gasteiger charge is -2.16. The average Bonchev–Trinajstić information content (AvgIpc) is 2.95. The Balaban J connectivity index is 1.97. The van der Waals surface area contributed by atoms with Gasteiger partial charge in [-0.1, -0.05) is 36.0 Å². The summed E-state index contributed by atoms with van der Waals surface area (Å²) in [6, 6.07) is 10.4. The molecule has 4 nitrogen and oxygen atoms in total. The van der Waals surface area contributed by atoms with Gasteiger partial charge in [-0.05, 0) is 75.4 Å². The third kappa shape index (κ3) is 3.69. The third-order valence-electron chi connectivity index (χ3n) is 4.98. The Kier molecular flexibility index (Phi) is 5.51. The fraction of sp³-hybridized carbons (Fsp3) is 0.318. The highest BCUT2D eigenvalue weighted by Gasteiger charge is 2.17. The van der Waals surface area contributed by atoms with Gasteiger partial charge in [0, 0.05) is 11.3 Å². The normalized spacial score (nSPS) is 11.0. The molecule has 1 aromatic heterocycles. The summed E-state index contributed by atoms with van der Waals surface area (Å²) in [7, 11) is 0. The van der Waals surface area contributed by atoms with Crippen molar-refractivity contribution in [3.05, 3.63) is 69.5 Å². The maximum Gasteiger partial charge on any atom is 0.196 e. The van der Waals surface area contributed by atoms with Crippen LogP contribution in [0.15, 0.2) is 35.5 Å². The van der Waals surface area contributed by atoms with Gasteiger partial charge in [0.25, 0.3) is 0 Å². The summed E-state index contributed by atoms with van der Waals surface area (Å²) in [6.45, 7) is 11.9. The molecule has 0 saturated heterocycles. The van der Waals surface area contributed by atoms with Crippen LogP contribution in [0.25, 0.3) is 5.69 Å². The van der Waals surface area contributed by atoms with Crippen LogP contribution in [0.3, 0.4) is 0 Å². The minimum atomic E-state index is 0.121. The van der Waals surface area contributed by atoms with Crippen LogP contribution in [0, 0.1) is 34.6 Å². The number of para-hydroxylation sites is 1. The van der Waals surface area contributed by atoms with E-state index in [1.54, 1.807) is 18.7 Å². The van der Waals surface area contributed by atoms with E-state index >= 15 is 0 Å². The van der Waals surface area contributed by atoms with Crippen molar-refractivity contribution in [3.8, 4) is 5.69 Å². The van der Waals surface area contributed by atoms with Gasteiger partial charge < -0.3 is 0 Å². The Bertz CT molecular complexity index is 1020. The zero-order valence-corrected chi connectivity index (χ0v) is 17.6. The molecule has 3 aromatic rings. The number of hydrogen-bond acceptors (Lipinski definition) is 4. The Morgan fingerprint density at radius 1 is 1.00 bits per heavy atom. The van der Waals surface area contributed by atoms with Crippen LogP contribution in [-0.2, 0) is 5.75 Å². The van der Waals surface area contributed by atoms with E-state index in [-0.39, 0.29) is 5.78 Å². The second-order valence-corrected chi connectivity index (χ2v) is 7.93. The van der Waals surface area contributed by atoms with Gasteiger partial charge in [0.2, 0.25) is 0 Å². The zero-order chi connectivity index (χ0) is 19.7. The van der Waals surface area contributed by atoms with Crippen LogP contribution in [-0.4, -0.2) is 20.5 Å². The first kappa shape index (κ1) is 19.4. The summed E-state index contributed by atoms with van der Waals surface area (Å²) >= 11 is 1.66. The van der Waals surface area contributed by atoms with Crippen LogP contribution in [0.5, 0.6) is 0 Å². The van der Waals surface area contributed by atoms with Gasteiger partial charge in [0.1, 0.15) is 5.82 Å². The predicted octanol–water partition coefficient (Wildman–Crippen LogP) is 5.30. The summed E-state index contributed by atoms with van der Waals surface area (Å²) in [5.41, 5.74) is 7.66. The van der Waals surface area contributed by atoms with Crippen LogP contribution in [0.2, 0.25) is 0 Å². The van der Waals surface area contributed by atoms with E-state index in [0.29, 0.717) is 0 Å². The molecule has 0 radical (unpaired) electrons. The van der Waals surface area contributed by atoms with Crippen molar-refractivity contribution in [2.75, 3.05) is 0 Å². The second kappa shape index (κ2) is 7.69. The fourth-order valence-electron chi connectivity index (χ4n) is 3.66. The Hall–Kier alpha value is -2.40. The summed E-state index contributed by atoms with van der Waals surface area (Å²) in [5, 5.41) is 9.55. The van der Waals surface area contributed by atoms with Crippen LogP contribution < -0.4 is 0 Å². The minimum Gasteiger partial charge on any atom is -0.294 e. The number of Topliss-reactive ketones (excluding diaryl/α,β-unsaturated/α-hetero) is 1. The van der Waals surface area contributed by atoms with E-state index in [0.717, 1.165) is 39.1 Å². The molecule has 0 amide bonds. The molecule has 0 bridgehead atoms. The molecule has 0 saturated carbocycles. The summed E-state index contributed by atoms with van der Waals surface area (Å²) in [6.07, 6.45) is 0. The highest BCUT2D eigenvalue weighted by molar-refractivity contribution is 7.98. The molecular formula is C22H25N3OS. The molecule has 0 aliphatic heterocycles. The van der Waals surface area contributed by atoms with E-state index in [2.05, 4.69) is 46.8 Å². The molecule has 0 atom stereocenters. The quantitative estimate of drug-likeness (QED) is 0.445. The molecule has 5 heteroatoms. The van der Waals surface area contributed by atoms with Gasteiger partial charge in [-0.25, -0.2) is 0 Å². The zero-order valence-electron chi connectivity index (χ0n) is 16.8. The number of aromatic nitrogens is 3. The van der Waals surface area contributed by atoms with Crippen molar-refractivity contribution < 1.29 is 4.79 Å². The molecule has 0 fully saturated rings. The molecule has 3 rings (SSSR count). The van der Waals surface area contributed by atoms with E-state index < -0.39 is 0 Å². The lowest BCUT2D eigenvalue weighted by Crippen LogP contribution is -2.06. The molecule has 140 valence electrons. The standard InChI is InChI=1S/C22H25N3OS/c1-13-9-7-8-10-20(13)25-18(6)23-24-22(25)27-12-19-14(2)11-15(3)21(16(19)4)17(5)26/h7-11H,12H2,1-6H3. The molecule has 0 unspecified atom stereocenters. The predicted molar refractivity (Wildman–Crippen MR) is 111 cm³/mol. The smallest absolute Gasteiger partial charge is 0.196 e. The number of ketones is 1. The van der Waals surface area contributed by atoms with Gasteiger partial charge in [-0.3, -0.25) is 9.36 Å². The maximum atomic E-state index is 12.1. The van der Waals surface area contributed by atoms with Crippen molar-refractivity contribution in [3.63, 3.8) is 0 Å². The fourth-order valence-corrected chi connectivity index (χ4v) is 4.83. The van der Waals surface area contributed by atoms with Gasteiger partial charge in [0.15, 0.2) is 10.9 Å². The van der Waals surface area contributed by atoms with E-state index in [4.69, 9.17) is 0 Å². The van der Waals surface area contributed by atoms with Crippen molar-refractivity contribution in [2.24, 2.45) is 0 Å². The van der Waals surface area contributed by atoms with Crippen molar-refractivity contribution in [1.82, 2.24) is 14.8 Å². The number of carbonyl (C=O) groups excluding carboxylic acids is 1. The molecular weight excluding hydrogens is 354 g/mol. The molecule has 0 aliphatic carbocycles. The average molecular weight is 380 g/mol. The number of aryl methyl sites for hydroxylation is 4. The number of rotatable bonds is 5. The summed E-state index contributed by atoms with van der Waals surface area (Å²) in [5.74, 6) is 1.74. The van der Waals surface area contributed by atoms with Crippen molar-refractivity contribution >= 4 is 17.5 Å². The molecule has 27 heavy (non-hydrogen) atoms. The number of nitrogens with zero attached hydrogens (tertiary/aromatic N) is 3. The third-order valence-corrected chi connectivity index (χ3v) is 5.94. The van der Waals surface area contributed by atoms with E-state index in [1.165, 1.54) is 16.7 Å². The lowest BCUT2D eigenvalue weighted by atomic mass is 9.92. The van der Waals surface area contributed by atoms with Gasteiger partial charge >= 0.3 is 0 Å². The number of benzene rings is 2. The lowest BCUT2D eigenvalue weighted by molar-refractivity contribution is 0.101. The van der Waals surface area contributed by atoms with Crippen molar-refractivity contribution in [1.29, 1.82) is 0 Å². The molecule has 1 heterocycles. The first-order chi connectivity index (χ1) is 12.8. The Morgan fingerprint density at radius 2 is 1.70 bits per heavy atom. The Labute approximate surface area is 165 Å². The first-order valence-electron chi connectivity index (χ1n) is 9.02. The van der Waals surface area contributed by atoms with Crippen LogP contribution in [0.4, 0.5) is 0 Å². The largest absolute Gasteiger partial charge is 0.294 e. The van der Waals surface area contributed by atoms with Gasteiger partial charge in [0.05, 0.1) is 5.69 Å². The SMILES string of the molecule is CC(=O)c1c(C)cc(C)c(CSc2nnc(C)n2-c2ccccc2C)c1C. The van der Waals surface area contributed by atoms with Crippen LogP contribution >= 0.6 is 11.8 Å². The number of thioether (sulfide) groups is 1. The van der Waals surface area contributed by atoms with Gasteiger partial charge in [-0.2, -0.15) is 0 Å². The summed E-state index contributed by atoms with van der Waals surface area (Å²) in [4.78, 5) is 12.1. The molecule has 2 aromatic carbocycles. The van der Waals surface area contributed by atoms with Crippen molar-refractivity contribution in [2.45, 2.75) is 52.5 Å². The Morgan fingerprint density at radius 3 is 2.37 bits per heavy atom. The molecule has 0 aliphatic rings. The number of hydrogen-bond donors (Lipinski definition) is 0. The topological polar surface area (TPSA) is 47.8 Å². The van der Waals surface area contributed by atoms with E-state index in [9.17, 15) is 4.79 Å². The maximum absolute atomic E-state index is 12.1. The summed E-state index contributed by atoms with van der Waals surface area (Å²) < 4.78 is 2.10. The van der Waals surface area contributed by atoms with Crippen LogP contribution in [0.1, 0.15) is 50.9 Å². The first-order valence-corrected chi connectivity index (χ1v) is 10.0. The monoisotopic (exact) mass is 379 g/mol. The highest BCUT2D eigenvalue weighted by Crippen LogP contribution is 2.31. The number of carbonyl (C=O) groups is 1. The van der Waals surface area contributed by atoms with E-state index in [1.807, 2.05) is 32.9 Å². The van der Waals surface area contributed by atoms with Gasteiger partial charge in [-0.15, -0.1) is 10.2 Å². The highest BCUT2D eigenvalue weighted by atomic mass is 32.2. The second-order valence-electron chi connectivity index (χ2n) is 6.99. The minimum absolute atomic E-state index is 0.121. The molecule has 0 N–H and O–H groups in total.